The van der Waals surface area contributed by atoms with Crippen molar-refractivity contribution in [3.8, 4) is 0 Å². The Kier molecular flexibility index (Phi) is 8.90. The van der Waals surface area contributed by atoms with Gasteiger partial charge in [-0.05, 0) is 48.5 Å². The summed E-state index contributed by atoms with van der Waals surface area (Å²) in [6.07, 6.45) is 5.16. The van der Waals surface area contributed by atoms with Crippen molar-refractivity contribution < 1.29 is 14.3 Å². The zero-order valence-corrected chi connectivity index (χ0v) is 17.3. The summed E-state index contributed by atoms with van der Waals surface area (Å²) in [5.41, 5.74) is 2.16. The van der Waals surface area contributed by atoms with Gasteiger partial charge < -0.3 is 4.74 Å². The van der Waals surface area contributed by atoms with E-state index in [1.807, 2.05) is 12.1 Å². The maximum absolute atomic E-state index is 11.8. The first kappa shape index (κ1) is 21.8. The van der Waals surface area contributed by atoms with Crippen molar-refractivity contribution in [2.24, 2.45) is 10.2 Å². The molecule has 0 saturated carbocycles. The Morgan fingerprint density at radius 3 is 2.89 bits per heavy atom. The van der Waals surface area contributed by atoms with Gasteiger partial charge in [0.1, 0.15) is 0 Å². The Balaban J connectivity index is 1.99. The number of benzene rings is 1. The molecule has 1 aliphatic rings. The average Bonchev–Trinajstić information content (AvgIpc) is 3.04. The third-order valence-corrected chi connectivity index (χ3v) is 4.99. The van der Waals surface area contributed by atoms with Gasteiger partial charge in [-0.2, -0.15) is 5.10 Å². The second-order valence-corrected chi connectivity index (χ2v) is 7.24. The molecule has 1 saturated heterocycles. The molecule has 0 aliphatic carbocycles. The lowest BCUT2D eigenvalue weighted by atomic mass is 10.1. The molecule has 0 bridgehead atoms. The SMILES string of the molecule is CCCCN(CC)Cc1cccc(C=N/N=C2/NC(=O)/C(=C\C(=O)OC)S2)c1. The van der Waals surface area contributed by atoms with Crippen molar-refractivity contribution >= 4 is 35.0 Å². The molecule has 0 aromatic heterocycles. The first-order valence-corrected chi connectivity index (χ1v) is 10.1. The van der Waals surface area contributed by atoms with Crippen LogP contribution in [0.2, 0.25) is 0 Å². The number of esters is 1. The number of rotatable bonds is 9. The van der Waals surface area contributed by atoms with Crippen LogP contribution in [0.1, 0.15) is 37.8 Å². The zero-order chi connectivity index (χ0) is 20.4. The normalized spacial score (nSPS) is 17.1. The van der Waals surface area contributed by atoms with Crippen LogP contribution in [0.3, 0.4) is 0 Å². The number of hydrogen-bond acceptors (Lipinski definition) is 7. The summed E-state index contributed by atoms with van der Waals surface area (Å²) in [5.74, 6) is -0.975. The zero-order valence-electron chi connectivity index (χ0n) is 16.5. The fourth-order valence-corrected chi connectivity index (χ4v) is 3.29. The number of methoxy groups -OCH3 is 1. The summed E-state index contributed by atoms with van der Waals surface area (Å²) in [5, 5.41) is 11.0. The molecule has 0 unspecified atom stereocenters. The minimum atomic E-state index is -0.584. The Morgan fingerprint density at radius 2 is 2.18 bits per heavy atom. The average molecular weight is 403 g/mol. The maximum Gasteiger partial charge on any atom is 0.331 e. The highest BCUT2D eigenvalue weighted by Crippen LogP contribution is 2.23. The molecule has 1 aromatic rings. The molecule has 2 rings (SSSR count). The van der Waals surface area contributed by atoms with Crippen molar-refractivity contribution in [2.45, 2.75) is 33.2 Å². The number of nitrogens with one attached hydrogen (secondary N) is 1. The van der Waals surface area contributed by atoms with E-state index in [9.17, 15) is 9.59 Å². The smallest absolute Gasteiger partial charge is 0.331 e. The van der Waals surface area contributed by atoms with Gasteiger partial charge in [0.2, 0.25) is 0 Å². The number of thioether (sulfide) groups is 1. The number of hydrogen-bond donors (Lipinski definition) is 1. The summed E-state index contributed by atoms with van der Waals surface area (Å²) in [4.78, 5) is 25.7. The molecule has 28 heavy (non-hydrogen) atoms. The van der Waals surface area contributed by atoms with Crippen molar-refractivity contribution in [1.82, 2.24) is 10.2 Å². The van der Waals surface area contributed by atoms with Crippen LogP contribution in [0, 0.1) is 0 Å². The second-order valence-electron chi connectivity index (χ2n) is 6.21. The first-order chi connectivity index (χ1) is 13.5. The van der Waals surface area contributed by atoms with Crippen LogP contribution in [0.25, 0.3) is 0 Å². The van der Waals surface area contributed by atoms with Crippen LogP contribution in [0.5, 0.6) is 0 Å². The van der Waals surface area contributed by atoms with Gasteiger partial charge in [-0.1, -0.05) is 38.5 Å². The number of unbranched alkanes of at least 4 members (excludes halogenated alkanes) is 1. The fourth-order valence-electron chi connectivity index (χ4n) is 2.55. The Morgan fingerprint density at radius 1 is 1.36 bits per heavy atom. The van der Waals surface area contributed by atoms with E-state index in [-0.39, 0.29) is 4.91 Å². The van der Waals surface area contributed by atoms with Crippen LogP contribution in [0.15, 0.2) is 45.4 Å². The molecule has 0 radical (unpaired) electrons. The van der Waals surface area contributed by atoms with Gasteiger partial charge >= 0.3 is 5.97 Å². The molecule has 8 heteroatoms. The van der Waals surface area contributed by atoms with E-state index in [1.165, 1.54) is 25.5 Å². The molecule has 1 aromatic carbocycles. The van der Waals surface area contributed by atoms with E-state index in [0.717, 1.165) is 43.0 Å². The monoisotopic (exact) mass is 402 g/mol. The van der Waals surface area contributed by atoms with E-state index in [2.05, 4.69) is 51.1 Å². The largest absolute Gasteiger partial charge is 0.466 e. The molecule has 0 spiro atoms. The lowest BCUT2D eigenvalue weighted by Gasteiger charge is -2.20. The molecular weight excluding hydrogens is 376 g/mol. The van der Waals surface area contributed by atoms with Crippen LogP contribution in [0.4, 0.5) is 0 Å². The van der Waals surface area contributed by atoms with Gasteiger partial charge in [-0.3, -0.25) is 15.0 Å². The summed E-state index contributed by atoms with van der Waals surface area (Å²) >= 11 is 1.05. The molecular formula is C20H26N4O3S. The van der Waals surface area contributed by atoms with Crippen LogP contribution in [-0.2, 0) is 20.9 Å². The number of amidine groups is 1. The van der Waals surface area contributed by atoms with Gasteiger partial charge in [0.05, 0.1) is 18.2 Å². The highest BCUT2D eigenvalue weighted by atomic mass is 32.2. The molecule has 1 heterocycles. The third kappa shape index (κ3) is 6.94. The molecule has 0 atom stereocenters. The van der Waals surface area contributed by atoms with Gasteiger partial charge in [0.15, 0.2) is 5.17 Å². The molecule has 7 nitrogen and oxygen atoms in total. The summed E-state index contributed by atoms with van der Waals surface area (Å²) < 4.78 is 4.52. The Hall–Kier alpha value is -2.45. The number of nitrogens with zero attached hydrogens (tertiary/aromatic N) is 3. The summed E-state index contributed by atoms with van der Waals surface area (Å²) in [6, 6.07) is 8.15. The molecule has 150 valence electrons. The number of amides is 1. The topological polar surface area (TPSA) is 83.4 Å². The quantitative estimate of drug-likeness (QED) is 0.297. The van der Waals surface area contributed by atoms with Crippen LogP contribution in [-0.4, -0.2) is 48.4 Å². The highest BCUT2D eigenvalue weighted by Gasteiger charge is 2.24. The Labute approximate surface area is 169 Å². The molecule has 1 amide bonds. The van der Waals surface area contributed by atoms with E-state index in [1.54, 1.807) is 6.21 Å². The predicted octanol–water partition coefficient (Wildman–Crippen LogP) is 2.92. The minimum absolute atomic E-state index is 0.231. The minimum Gasteiger partial charge on any atom is -0.466 e. The van der Waals surface area contributed by atoms with E-state index in [4.69, 9.17) is 0 Å². The molecule has 1 N–H and O–H groups in total. The molecule has 1 aliphatic heterocycles. The second kappa shape index (κ2) is 11.4. The molecule has 1 fully saturated rings. The van der Waals surface area contributed by atoms with Crippen molar-refractivity contribution in [2.75, 3.05) is 20.2 Å². The van der Waals surface area contributed by atoms with E-state index < -0.39 is 11.9 Å². The van der Waals surface area contributed by atoms with Gasteiger partial charge in [0.25, 0.3) is 5.91 Å². The van der Waals surface area contributed by atoms with Gasteiger partial charge in [-0.25, -0.2) is 4.79 Å². The van der Waals surface area contributed by atoms with Crippen LogP contribution < -0.4 is 5.32 Å². The standard InChI is InChI=1S/C20H26N4O3S/c1-4-6-10-24(5-2)14-16-9-7-8-15(11-16)13-21-23-20-22-19(26)17(28-20)12-18(25)27-3/h7-9,11-13H,4-6,10,14H2,1-3H3,(H,22,23,26)/b17-12+,21-13?. The van der Waals surface area contributed by atoms with Gasteiger partial charge in [-0.15, -0.1) is 5.10 Å². The lowest BCUT2D eigenvalue weighted by Crippen LogP contribution is -2.23. The number of ether oxygens (including phenoxy) is 1. The number of carbonyl (C=O) groups excluding carboxylic acids is 2. The van der Waals surface area contributed by atoms with Crippen molar-refractivity contribution in [1.29, 1.82) is 0 Å². The van der Waals surface area contributed by atoms with E-state index >= 15 is 0 Å². The fraction of sp³-hybridized carbons (Fsp3) is 0.400. The Bertz CT molecular complexity index is 789. The lowest BCUT2D eigenvalue weighted by molar-refractivity contribution is -0.135. The first-order valence-electron chi connectivity index (χ1n) is 9.26. The van der Waals surface area contributed by atoms with Crippen molar-refractivity contribution in [3.05, 3.63) is 46.4 Å². The third-order valence-electron chi connectivity index (χ3n) is 4.09. The highest BCUT2D eigenvalue weighted by molar-refractivity contribution is 8.18. The summed E-state index contributed by atoms with van der Waals surface area (Å²) in [7, 11) is 1.26. The maximum atomic E-state index is 11.8. The number of carbonyl (C=O) groups is 2. The summed E-state index contributed by atoms with van der Waals surface area (Å²) in [6.45, 7) is 7.39. The van der Waals surface area contributed by atoms with Crippen molar-refractivity contribution in [3.63, 3.8) is 0 Å². The van der Waals surface area contributed by atoms with Gasteiger partial charge in [0, 0.05) is 12.6 Å². The van der Waals surface area contributed by atoms with Crippen LogP contribution >= 0.6 is 11.8 Å². The van der Waals surface area contributed by atoms with E-state index in [0.29, 0.717) is 5.17 Å². The predicted molar refractivity (Wildman–Crippen MR) is 113 cm³/mol.